The van der Waals surface area contributed by atoms with Crippen molar-refractivity contribution in [1.29, 1.82) is 0 Å². The van der Waals surface area contributed by atoms with Gasteiger partial charge in [0, 0.05) is 11.8 Å². The summed E-state index contributed by atoms with van der Waals surface area (Å²) in [5.41, 5.74) is 1.41. The predicted octanol–water partition coefficient (Wildman–Crippen LogP) is 2.43. The zero-order valence-electron chi connectivity index (χ0n) is 14.1. The van der Waals surface area contributed by atoms with Crippen molar-refractivity contribution in [2.24, 2.45) is 11.8 Å². The van der Waals surface area contributed by atoms with E-state index < -0.39 is 17.5 Å². The average molecular weight is 339 g/mol. The maximum Gasteiger partial charge on any atom is 0.322 e. The molecule has 0 spiro atoms. The number of hydrogen-bond acceptors (Lipinski definition) is 3. The Balaban J connectivity index is 1.52. The number of urea groups is 1. The van der Waals surface area contributed by atoms with Gasteiger partial charge in [-0.15, -0.1) is 0 Å². The van der Waals surface area contributed by atoms with Gasteiger partial charge in [-0.2, -0.15) is 0 Å². The quantitative estimate of drug-likeness (QED) is 0.569. The van der Waals surface area contributed by atoms with Crippen LogP contribution in [0.2, 0.25) is 0 Å². The minimum Gasteiger partial charge on any atom is -0.323 e. The minimum absolute atomic E-state index is 0.129. The number of carbonyl (C=O) groups is 3. The summed E-state index contributed by atoms with van der Waals surface area (Å²) in [6, 6.07) is 6.52. The summed E-state index contributed by atoms with van der Waals surface area (Å²) in [4.78, 5) is 35.9. The van der Waals surface area contributed by atoms with Crippen LogP contribution in [0.15, 0.2) is 35.9 Å². The molecule has 1 aliphatic heterocycles. The monoisotopic (exact) mass is 339 g/mol. The number of carbonyl (C=O) groups excluding carboxylic acids is 3. The van der Waals surface area contributed by atoms with Crippen LogP contribution in [0.1, 0.15) is 38.2 Å². The lowest BCUT2D eigenvalue weighted by Gasteiger charge is -2.21. The van der Waals surface area contributed by atoms with E-state index in [9.17, 15) is 14.4 Å². The van der Waals surface area contributed by atoms with Crippen molar-refractivity contribution in [3.63, 3.8) is 0 Å². The molecule has 1 aromatic rings. The molecular weight excluding hydrogens is 318 g/mol. The second kappa shape index (κ2) is 5.72. The summed E-state index contributed by atoms with van der Waals surface area (Å²) in [6.45, 7) is 1.65. The standard InChI is InChI=1S/C19H21N3O3/c1-19(17(24)21-18(25)22-19)13-3-2-4-14(9-13)20-16(23)10-15(11-5-6-11)12-7-8-12/h2-4,9-12H,5-8H2,1H3,(H,20,23)(H2,21,22,24,25)/t19-/m0/s1. The molecule has 0 aromatic heterocycles. The molecule has 1 heterocycles. The maximum absolute atomic E-state index is 12.4. The third-order valence-corrected chi connectivity index (χ3v) is 5.15. The third kappa shape index (κ3) is 3.16. The number of benzene rings is 1. The number of allylic oxidation sites excluding steroid dienone is 1. The second-order valence-corrected chi connectivity index (χ2v) is 7.30. The molecule has 3 fully saturated rings. The zero-order chi connectivity index (χ0) is 17.6. The molecule has 6 heteroatoms. The van der Waals surface area contributed by atoms with Crippen LogP contribution >= 0.6 is 0 Å². The predicted molar refractivity (Wildman–Crippen MR) is 92.6 cm³/mol. The molecule has 2 aliphatic carbocycles. The van der Waals surface area contributed by atoms with Crippen LogP contribution in [-0.4, -0.2) is 17.8 Å². The van der Waals surface area contributed by atoms with Crippen LogP contribution < -0.4 is 16.0 Å². The van der Waals surface area contributed by atoms with Crippen LogP contribution in [0.25, 0.3) is 0 Å². The Morgan fingerprint density at radius 1 is 1.20 bits per heavy atom. The molecule has 2 saturated carbocycles. The van der Waals surface area contributed by atoms with E-state index in [-0.39, 0.29) is 5.91 Å². The van der Waals surface area contributed by atoms with Gasteiger partial charge in [-0.05, 0) is 62.1 Å². The highest BCUT2D eigenvalue weighted by Gasteiger charge is 2.43. The number of amides is 4. The molecule has 130 valence electrons. The van der Waals surface area contributed by atoms with Crippen molar-refractivity contribution in [2.45, 2.75) is 38.1 Å². The lowest BCUT2D eigenvalue weighted by molar-refractivity contribution is -0.123. The third-order valence-electron chi connectivity index (χ3n) is 5.15. The van der Waals surface area contributed by atoms with E-state index in [4.69, 9.17) is 0 Å². The molecule has 1 atom stereocenters. The van der Waals surface area contributed by atoms with Gasteiger partial charge in [0.15, 0.2) is 0 Å². The van der Waals surface area contributed by atoms with Gasteiger partial charge in [-0.25, -0.2) is 4.79 Å². The van der Waals surface area contributed by atoms with Gasteiger partial charge in [0.1, 0.15) is 5.54 Å². The minimum atomic E-state index is -1.12. The van der Waals surface area contributed by atoms with Crippen LogP contribution in [0.4, 0.5) is 10.5 Å². The molecule has 1 aromatic carbocycles. The van der Waals surface area contributed by atoms with Crippen LogP contribution in [0.3, 0.4) is 0 Å². The summed E-state index contributed by atoms with van der Waals surface area (Å²) < 4.78 is 0. The molecule has 0 bridgehead atoms. The van der Waals surface area contributed by atoms with Gasteiger partial charge in [0.05, 0.1) is 0 Å². The van der Waals surface area contributed by atoms with Gasteiger partial charge < -0.3 is 10.6 Å². The molecule has 4 amide bonds. The topological polar surface area (TPSA) is 87.3 Å². The molecule has 0 unspecified atom stereocenters. The van der Waals surface area contributed by atoms with Gasteiger partial charge >= 0.3 is 6.03 Å². The van der Waals surface area contributed by atoms with Crippen molar-refractivity contribution >= 4 is 23.5 Å². The first-order valence-electron chi connectivity index (χ1n) is 8.72. The summed E-state index contributed by atoms with van der Waals surface area (Å²) in [5.74, 6) is 0.670. The number of anilines is 1. The highest BCUT2D eigenvalue weighted by Crippen LogP contribution is 2.48. The molecule has 3 N–H and O–H groups in total. The molecular formula is C19H21N3O3. The first-order chi connectivity index (χ1) is 12.0. The summed E-state index contributed by atoms with van der Waals surface area (Å²) in [5, 5.41) is 7.76. The van der Waals surface area contributed by atoms with E-state index in [1.54, 1.807) is 37.3 Å². The Morgan fingerprint density at radius 2 is 1.88 bits per heavy atom. The smallest absolute Gasteiger partial charge is 0.322 e. The van der Waals surface area contributed by atoms with Crippen molar-refractivity contribution < 1.29 is 14.4 Å². The fraction of sp³-hybridized carbons (Fsp3) is 0.421. The normalized spacial score (nSPS) is 25.2. The summed E-state index contributed by atoms with van der Waals surface area (Å²) >= 11 is 0. The van der Waals surface area contributed by atoms with E-state index >= 15 is 0 Å². The number of imide groups is 1. The van der Waals surface area contributed by atoms with Crippen molar-refractivity contribution in [3.8, 4) is 0 Å². The Kier molecular flexibility index (Phi) is 3.63. The summed E-state index contributed by atoms with van der Waals surface area (Å²) in [7, 11) is 0. The number of rotatable bonds is 5. The fourth-order valence-corrected chi connectivity index (χ4v) is 3.39. The van der Waals surface area contributed by atoms with Crippen molar-refractivity contribution in [1.82, 2.24) is 10.6 Å². The van der Waals surface area contributed by atoms with E-state index in [0.717, 1.165) is 0 Å². The lowest BCUT2D eigenvalue weighted by atomic mass is 9.92. The summed E-state index contributed by atoms with van der Waals surface area (Å²) in [6.07, 6.45) is 6.53. The Hall–Kier alpha value is -2.63. The van der Waals surface area contributed by atoms with Crippen molar-refractivity contribution in [3.05, 3.63) is 41.5 Å². The number of nitrogens with one attached hydrogen (secondary N) is 3. The molecule has 1 saturated heterocycles. The van der Waals surface area contributed by atoms with E-state index in [0.29, 0.717) is 23.1 Å². The highest BCUT2D eigenvalue weighted by atomic mass is 16.2. The van der Waals surface area contributed by atoms with Gasteiger partial charge in [0.2, 0.25) is 5.91 Å². The van der Waals surface area contributed by atoms with Crippen LogP contribution in [0.5, 0.6) is 0 Å². The van der Waals surface area contributed by atoms with E-state index in [1.807, 2.05) is 0 Å². The fourth-order valence-electron chi connectivity index (χ4n) is 3.39. The average Bonchev–Trinajstić information content (AvgIpc) is 3.46. The molecule has 6 nitrogen and oxygen atoms in total. The van der Waals surface area contributed by atoms with Gasteiger partial charge in [0.25, 0.3) is 5.91 Å². The highest BCUT2D eigenvalue weighted by molar-refractivity contribution is 6.07. The van der Waals surface area contributed by atoms with Crippen molar-refractivity contribution in [2.75, 3.05) is 5.32 Å². The zero-order valence-corrected chi connectivity index (χ0v) is 14.1. The van der Waals surface area contributed by atoms with Crippen LogP contribution in [-0.2, 0) is 15.1 Å². The molecule has 4 rings (SSSR count). The molecule has 3 aliphatic rings. The van der Waals surface area contributed by atoms with Gasteiger partial charge in [-0.1, -0.05) is 17.7 Å². The Morgan fingerprint density at radius 3 is 2.44 bits per heavy atom. The Bertz CT molecular complexity index is 779. The lowest BCUT2D eigenvalue weighted by Crippen LogP contribution is -2.40. The second-order valence-electron chi connectivity index (χ2n) is 7.30. The maximum atomic E-state index is 12.4. The first-order valence-corrected chi connectivity index (χ1v) is 8.72. The molecule has 25 heavy (non-hydrogen) atoms. The largest absolute Gasteiger partial charge is 0.323 e. The molecule has 0 radical (unpaired) electrons. The van der Waals surface area contributed by atoms with Gasteiger partial charge in [-0.3, -0.25) is 14.9 Å². The number of hydrogen-bond donors (Lipinski definition) is 3. The first kappa shape index (κ1) is 15.9. The van der Waals surface area contributed by atoms with E-state index in [2.05, 4.69) is 16.0 Å². The SMILES string of the molecule is C[C@@]1(c2cccc(NC(=O)C=C(C3CC3)C3CC3)c2)NC(=O)NC1=O. The van der Waals surface area contributed by atoms with E-state index in [1.165, 1.54) is 31.3 Å². The van der Waals surface area contributed by atoms with Crippen LogP contribution in [0, 0.1) is 11.8 Å². The Labute approximate surface area is 146 Å².